The fraction of sp³-hybridized carbons (Fsp3) is 0.148. The zero-order valence-electron chi connectivity index (χ0n) is 18.1. The van der Waals surface area contributed by atoms with Gasteiger partial charge in [0.1, 0.15) is 0 Å². The van der Waals surface area contributed by atoms with Gasteiger partial charge in [0, 0.05) is 34.3 Å². The Hall–Kier alpha value is -3.99. The van der Waals surface area contributed by atoms with Crippen LogP contribution in [0.5, 0.6) is 0 Å². The molecule has 0 unspecified atom stereocenters. The molecule has 3 aromatic carbocycles. The van der Waals surface area contributed by atoms with E-state index in [4.69, 9.17) is 4.98 Å². The average Bonchev–Trinajstić information content (AvgIpc) is 3.22. The third-order valence-corrected chi connectivity index (χ3v) is 5.94. The maximum Gasteiger partial charge on any atom is 0.282 e. The van der Waals surface area contributed by atoms with Gasteiger partial charge in [-0.15, -0.1) is 0 Å². The van der Waals surface area contributed by atoms with E-state index < -0.39 is 0 Å². The molecule has 32 heavy (non-hydrogen) atoms. The third kappa shape index (κ3) is 3.42. The zero-order valence-corrected chi connectivity index (χ0v) is 18.1. The lowest BCUT2D eigenvalue weighted by molar-refractivity contribution is 0.548. The predicted octanol–water partition coefficient (Wildman–Crippen LogP) is 5.87. The van der Waals surface area contributed by atoms with Crippen molar-refractivity contribution in [2.75, 3.05) is 0 Å². The van der Waals surface area contributed by atoms with E-state index in [0.717, 1.165) is 28.5 Å². The summed E-state index contributed by atoms with van der Waals surface area (Å²) in [4.78, 5) is 18.1. The standard InChI is InChI=1S/C27H24N4O/c1-3-19(2)30-18-21(22-13-8-10-16-25(22)30)17-28-31-26(20-11-5-4-6-12-20)29-24-15-9-7-14-23(24)27(31)32/h4-19H,3H2,1-2H3/t19-/m1/s1. The summed E-state index contributed by atoms with van der Waals surface area (Å²) in [6.45, 7) is 4.39. The van der Waals surface area contributed by atoms with Gasteiger partial charge in [-0.1, -0.05) is 67.6 Å². The molecule has 0 fully saturated rings. The molecule has 0 amide bonds. The van der Waals surface area contributed by atoms with Crippen LogP contribution in [0.15, 0.2) is 95.0 Å². The van der Waals surface area contributed by atoms with Crippen molar-refractivity contribution < 1.29 is 0 Å². The Morgan fingerprint density at radius 2 is 1.62 bits per heavy atom. The first-order chi connectivity index (χ1) is 15.7. The molecule has 5 aromatic rings. The van der Waals surface area contributed by atoms with Crippen molar-refractivity contribution in [3.63, 3.8) is 0 Å². The fourth-order valence-electron chi connectivity index (χ4n) is 4.02. The lowest BCUT2D eigenvalue weighted by Gasteiger charge is -2.12. The number of benzene rings is 3. The average molecular weight is 421 g/mol. The van der Waals surface area contributed by atoms with Crippen LogP contribution in [0.2, 0.25) is 0 Å². The lowest BCUT2D eigenvalue weighted by atomic mass is 10.2. The molecular weight excluding hydrogens is 396 g/mol. The Morgan fingerprint density at radius 1 is 0.938 bits per heavy atom. The van der Waals surface area contributed by atoms with Crippen LogP contribution >= 0.6 is 0 Å². The van der Waals surface area contributed by atoms with E-state index in [1.807, 2.05) is 60.7 Å². The molecule has 0 bridgehead atoms. The highest BCUT2D eigenvalue weighted by atomic mass is 16.1. The minimum absolute atomic E-state index is 0.184. The molecule has 5 nitrogen and oxygen atoms in total. The van der Waals surface area contributed by atoms with Gasteiger partial charge in [0.15, 0.2) is 5.82 Å². The van der Waals surface area contributed by atoms with Gasteiger partial charge in [0.05, 0.1) is 17.1 Å². The number of para-hydroxylation sites is 2. The summed E-state index contributed by atoms with van der Waals surface area (Å²) in [7, 11) is 0. The number of fused-ring (bicyclic) bond motifs is 2. The Bertz CT molecular complexity index is 1500. The van der Waals surface area contributed by atoms with Gasteiger partial charge in [-0.2, -0.15) is 9.78 Å². The summed E-state index contributed by atoms with van der Waals surface area (Å²) >= 11 is 0. The Balaban J connectivity index is 1.71. The van der Waals surface area contributed by atoms with Crippen molar-refractivity contribution in [2.45, 2.75) is 26.3 Å². The van der Waals surface area contributed by atoms with Crippen LogP contribution in [0.1, 0.15) is 31.9 Å². The van der Waals surface area contributed by atoms with Crippen LogP contribution in [0, 0.1) is 0 Å². The van der Waals surface area contributed by atoms with Gasteiger partial charge < -0.3 is 4.57 Å². The molecule has 0 aliphatic rings. The molecule has 5 heteroatoms. The first kappa shape index (κ1) is 19.9. The van der Waals surface area contributed by atoms with Crippen LogP contribution in [-0.2, 0) is 0 Å². The maximum atomic E-state index is 13.4. The van der Waals surface area contributed by atoms with Crippen molar-refractivity contribution in [1.82, 2.24) is 14.2 Å². The van der Waals surface area contributed by atoms with E-state index in [1.165, 1.54) is 4.68 Å². The SMILES string of the molecule is CC[C@@H](C)n1cc(C=Nn2c(-c3ccccc3)nc3ccccc3c2=O)c2ccccc21. The van der Waals surface area contributed by atoms with E-state index >= 15 is 0 Å². The van der Waals surface area contributed by atoms with Gasteiger partial charge in [-0.05, 0) is 31.5 Å². The largest absolute Gasteiger partial charge is 0.344 e. The molecule has 2 heterocycles. The van der Waals surface area contributed by atoms with Crippen molar-refractivity contribution >= 4 is 28.0 Å². The molecule has 0 radical (unpaired) electrons. The molecule has 0 saturated carbocycles. The predicted molar refractivity (Wildman–Crippen MR) is 131 cm³/mol. The summed E-state index contributed by atoms with van der Waals surface area (Å²) in [5.74, 6) is 0.524. The molecule has 1 atom stereocenters. The molecule has 5 rings (SSSR count). The van der Waals surface area contributed by atoms with Crippen LogP contribution in [0.25, 0.3) is 33.2 Å². The van der Waals surface area contributed by atoms with Crippen LogP contribution in [0.4, 0.5) is 0 Å². The second-order valence-corrected chi connectivity index (χ2v) is 7.95. The Morgan fingerprint density at radius 3 is 2.41 bits per heavy atom. The van der Waals surface area contributed by atoms with E-state index in [1.54, 1.807) is 12.3 Å². The summed E-state index contributed by atoms with van der Waals surface area (Å²) < 4.78 is 3.68. The summed E-state index contributed by atoms with van der Waals surface area (Å²) in [6, 6.07) is 25.7. The zero-order chi connectivity index (χ0) is 22.1. The Labute approximate surface area is 186 Å². The number of hydrogen-bond acceptors (Lipinski definition) is 3. The highest BCUT2D eigenvalue weighted by Gasteiger charge is 2.13. The maximum absolute atomic E-state index is 13.4. The smallest absolute Gasteiger partial charge is 0.282 e. The fourth-order valence-corrected chi connectivity index (χ4v) is 4.02. The summed E-state index contributed by atoms with van der Waals surface area (Å²) in [5, 5.41) is 6.31. The molecule has 2 aromatic heterocycles. The van der Waals surface area contributed by atoms with E-state index in [9.17, 15) is 4.79 Å². The van der Waals surface area contributed by atoms with Gasteiger partial charge in [0.25, 0.3) is 5.56 Å². The normalized spacial score (nSPS) is 12.7. The monoisotopic (exact) mass is 420 g/mol. The molecule has 0 aliphatic heterocycles. The van der Waals surface area contributed by atoms with Crippen molar-refractivity contribution in [2.24, 2.45) is 5.10 Å². The van der Waals surface area contributed by atoms with E-state index in [2.05, 4.69) is 41.8 Å². The molecular formula is C27H24N4O. The Kier molecular flexibility index (Phi) is 5.15. The highest BCUT2D eigenvalue weighted by Crippen LogP contribution is 2.25. The molecule has 158 valence electrons. The van der Waals surface area contributed by atoms with Crippen molar-refractivity contribution in [1.29, 1.82) is 0 Å². The van der Waals surface area contributed by atoms with Crippen LogP contribution in [0.3, 0.4) is 0 Å². The molecule has 0 spiro atoms. The van der Waals surface area contributed by atoms with E-state index in [-0.39, 0.29) is 5.56 Å². The second kappa shape index (κ2) is 8.27. The minimum atomic E-state index is -0.184. The first-order valence-electron chi connectivity index (χ1n) is 10.9. The topological polar surface area (TPSA) is 52.2 Å². The molecule has 0 saturated heterocycles. The molecule has 0 aliphatic carbocycles. The van der Waals surface area contributed by atoms with Crippen molar-refractivity contribution in [3.8, 4) is 11.4 Å². The minimum Gasteiger partial charge on any atom is -0.344 e. The quantitative estimate of drug-likeness (QED) is 0.334. The van der Waals surface area contributed by atoms with Gasteiger partial charge in [0.2, 0.25) is 0 Å². The second-order valence-electron chi connectivity index (χ2n) is 7.95. The van der Waals surface area contributed by atoms with Gasteiger partial charge >= 0.3 is 0 Å². The van der Waals surface area contributed by atoms with Gasteiger partial charge in [-0.3, -0.25) is 4.79 Å². The van der Waals surface area contributed by atoms with Crippen molar-refractivity contribution in [3.05, 3.63) is 101 Å². The summed E-state index contributed by atoms with van der Waals surface area (Å²) in [6.07, 6.45) is 4.91. The lowest BCUT2D eigenvalue weighted by Crippen LogP contribution is -2.20. The van der Waals surface area contributed by atoms with Gasteiger partial charge in [-0.25, -0.2) is 4.98 Å². The first-order valence-corrected chi connectivity index (χ1v) is 10.9. The third-order valence-electron chi connectivity index (χ3n) is 5.94. The number of aromatic nitrogens is 3. The number of nitrogens with zero attached hydrogens (tertiary/aromatic N) is 4. The number of rotatable bonds is 5. The summed E-state index contributed by atoms with van der Waals surface area (Å²) in [5.41, 5.74) is 3.46. The van der Waals surface area contributed by atoms with Crippen LogP contribution < -0.4 is 5.56 Å². The number of hydrogen-bond donors (Lipinski definition) is 0. The van der Waals surface area contributed by atoms with E-state index in [0.29, 0.717) is 22.8 Å². The molecule has 0 N–H and O–H groups in total. The highest BCUT2D eigenvalue weighted by molar-refractivity contribution is 5.99. The van der Waals surface area contributed by atoms with Crippen LogP contribution in [-0.4, -0.2) is 20.4 Å².